The molecule has 0 spiro atoms. The number of primary amides is 1. The number of nitrogens with two attached hydrogens (primary N) is 1. The van der Waals surface area contributed by atoms with Crippen molar-refractivity contribution in [3.63, 3.8) is 0 Å². The molecule has 0 saturated heterocycles. The molecule has 6 nitrogen and oxygen atoms in total. The van der Waals surface area contributed by atoms with Crippen LogP contribution in [0.25, 0.3) is 0 Å². The van der Waals surface area contributed by atoms with Crippen LogP contribution in [0.1, 0.15) is 18.5 Å². The number of hydrogen-bond acceptors (Lipinski definition) is 4. The normalized spacial score (nSPS) is 14.8. The molecule has 1 aromatic carbocycles. The van der Waals surface area contributed by atoms with E-state index in [4.69, 9.17) is 5.73 Å². The third kappa shape index (κ3) is 6.05. The van der Waals surface area contributed by atoms with Crippen molar-refractivity contribution in [1.82, 2.24) is 10.6 Å². The second kappa shape index (κ2) is 7.90. The van der Waals surface area contributed by atoms with Crippen molar-refractivity contribution in [1.29, 1.82) is 0 Å². The minimum atomic E-state index is -1.01. The van der Waals surface area contributed by atoms with Crippen molar-refractivity contribution in [2.75, 3.05) is 18.6 Å². The zero-order valence-corrected chi connectivity index (χ0v) is 12.9. The fourth-order valence-corrected chi connectivity index (χ4v) is 2.55. The Balaban J connectivity index is 2.75. The second-order valence-electron chi connectivity index (χ2n) is 5.00. The Labute approximate surface area is 128 Å². The van der Waals surface area contributed by atoms with Gasteiger partial charge in [-0.2, -0.15) is 11.8 Å². The minimum Gasteiger partial charge on any atom is -0.387 e. The molecular weight excluding hydrogens is 290 g/mol. The van der Waals surface area contributed by atoms with Crippen LogP contribution in [0.2, 0.25) is 0 Å². The molecule has 0 aliphatic rings. The van der Waals surface area contributed by atoms with E-state index in [1.165, 1.54) is 11.8 Å². The van der Waals surface area contributed by atoms with Crippen molar-refractivity contribution in [3.05, 3.63) is 35.9 Å². The lowest BCUT2D eigenvalue weighted by atomic mass is 10.1. The SMILES string of the molecule is CSCC(C)(O)CNC(=O)C(NC(N)=O)c1ccccc1. The number of urea groups is 1. The largest absolute Gasteiger partial charge is 0.387 e. The Hall–Kier alpha value is -1.73. The first-order valence-electron chi connectivity index (χ1n) is 6.45. The number of rotatable bonds is 7. The van der Waals surface area contributed by atoms with E-state index in [1.54, 1.807) is 31.2 Å². The number of benzene rings is 1. The third-order valence-electron chi connectivity index (χ3n) is 2.78. The average molecular weight is 311 g/mol. The summed E-state index contributed by atoms with van der Waals surface area (Å²) in [6.45, 7) is 1.74. The van der Waals surface area contributed by atoms with E-state index in [0.717, 1.165) is 0 Å². The van der Waals surface area contributed by atoms with Gasteiger partial charge in [0, 0.05) is 12.3 Å². The molecule has 5 N–H and O–H groups in total. The van der Waals surface area contributed by atoms with Crippen LogP contribution < -0.4 is 16.4 Å². The number of hydrogen-bond donors (Lipinski definition) is 4. The van der Waals surface area contributed by atoms with Crippen LogP contribution in [-0.4, -0.2) is 41.2 Å². The van der Waals surface area contributed by atoms with Crippen LogP contribution in [0.4, 0.5) is 4.79 Å². The summed E-state index contributed by atoms with van der Waals surface area (Å²) in [4.78, 5) is 23.3. The Bertz CT molecular complexity index is 480. The molecule has 0 saturated carbocycles. The quantitative estimate of drug-likeness (QED) is 0.592. The summed E-state index contributed by atoms with van der Waals surface area (Å²) in [5.41, 5.74) is 4.73. The molecule has 2 unspecified atom stereocenters. The molecule has 0 aliphatic heterocycles. The Morgan fingerprint density at radius 1 is 1.38 bits per heavy atom. The number of thioether (sulfide) groups is 1. The smallest absolute Gasteiger partial charge is 0.313 e. The van der Waals surface area contributed by atoms with Crippen molar-refractivity contribution >= 4 is 23.7 Å². The van der Waals surface area contributed by atoms with Gasteiger partial charge in [-0.15, -0.1) is 0 Å². The van der Waals surface area contributed by atoms with E-state index in [9.17, 15) is 14.7 Å². The molecule has 7 heteroatoms. The molecule has 1 aromatic rings. The fraction of sp³-hybridized carbons (Fsp3) is 0.429. The van der Waals surface area contributed by atoms with E-state index in [-0.39, 0.29) is 6.54 Å². The van der Waals surface area contributed by atoms with E-state index >= 15 is 0 Å². The van der Waals surface area contributed by atoms with Crippen molar-refractivity contribution in [2.24, 2.45) is 5.73 Å². The van der Waals surface area contributed by atoms with Gasteiger partial charge >= 0.3 is 6.03 Å². The predicted octanol–water partition coefficient (Wildman–Crippen LogP) is 0.626. The Morgan fingerprint density at radius 2 is 2.00 bits per heavy atom. The Morgan fingerprint density at radius 3 is 2.52 bits per heavy atom. The predicted molar refractivity (Wildman–Crippen MR) is 83.9 cm³/mol. The maximum atomic E-state index is 12.2. The van der Waals surface area contributed by atoms with E-state index in [1.807, 2.05) is 12.3 Å². The first kappa shape index (κ1) is 17.3. The molecule has 1 rings (SSSR count). The van der Waals surface area contributed by atoms with Crippen molar-refractivity contribution in [3.8, 4) is 0 Å². The van der Waals surface area contributed by atoms with Crippen LogP contribution in [0, 0.1) is 0 Å². The molecule has 0 heterocycles. The molecule has 116 valence electrons. The lowest BCUT2D eigenvalue weighted by Gasteiger charge is -2.24. The van der Waals surface area contributed by atoms with Gasteiger partial charge in [-0.3, -0.25) is 4.79 Å². The zero-order valence-electron chi connectivity index (χ0n) is 12.1. The molecule has 0 radical (unpaired) electrons. The first-order chi connectivity index (χ1) is 9.85. The first-order valence-corrected chi connectivity index (χ1v) is 7.85. The summed E-state index contributed by atoms with van der Waals surface area (Å²) in [6.07, 6.45) is 1.87. The third-order valence-corrected chi connectivity index (χ3v) is 3.69. The lowest BCUT2D eigenvalue weighted by molar-refractivity contribution is -0.124. The van der Waals surface area contributed by atoms with E-state index in [0.29, 0.717) is 11.3 Å². The fourth-order valence-electron chi connectivity index (χ4n) is 1.83. The van der Waals surface area contributed by atoms with Gasteiger partial charge in [0.1, 0.15) is 6.04 Å². The molecule has 2 atom stereocenters. The van der Waals surface area contributed by atoms with Gasteiger partial charge in [-0.05, 0) is 18.7 Å². The monoisotopic (exact) mass is 311 g/mol. The highest BCUT2D eigenvalue weighted by Crippen LogP contribution is 2.14. The summed E-state index contributed by atoms with van der Waals surface area (Å²) >= 11 is 1.48. The number of amides is 3. The summed E-state index contributed by atoms with van der Waals surface area (Å²) in [6, 6.07) is 7.13. The highest BCUT2D eigenvalue weighted by Gasteiger charge is 2.25. The van der Waals surface area contributed by atoms with Crippen LogP contribution in [0.15, 0.2) is 30.3 Å². The van der Waals surface area contributed by atoms with Gasteiger partial charge < -0.3 is 21.5 Å². The van der Waals surface area contributed by atoms with E-state index in [2.05, 4.69) is 10.6 Å². The maximum absolute atomic E-state index is 12.2. The van der Waals surface area contributed by atoms with Gasteiger partial charge in [0.2, 0.25) is 5.91 Å². The van der Waals surface area contributed by atoms with Gasteiger partial charge in [0.05, 0.1) is 5.60 Å². The summed E-state index contributed by atoms with van der Waals surface area (Å²) in [7, 11) is 0. The molecule has 0 fully saturated rings. The number of carbonyl (C=O) groups is 2. The standard InChI is InChI=1S/C14H21N3O3S/c1-14(20,9-21-2)8-16-12(18)11(17-13(15)19)10-6-4-3-5-7-10/h3-7,11,20H,8-9H2,1-2H3,(H,16,18)(H3,15,17,19). The summed E-state index contributed by atoms with van der Waals surface area (Å²) < 4.78 is 0. The molecule has 0 bridgehead atoms. The lowest BCUT2D eigenvalue weighted by Crippen LogP contribution is -2.48. The highest BCUT2D eigenvalue weighted by molar-refractivity contribution is 7.98. The molecule has 0 aromatic heterocycles. The van der Waals surface area contributed by atoms with Crippen LogP contribution in [0.5, 0.6) is 0 Å². The molecule has 21 heavy (non-hydrogen) atoms. The average Bonchev–Trinajstić information content (AvgIpc) is 2.43. The van der Waals surface area contributed by atoms with Crippen molar-refractivity contribution < 1.29 is 14.7 Å². The van der Waals surface area contributed by atoms with Crippen LogP contribution in [0.3, 0.4) is 0 Å². The Kier molecular flexibility index (Phi) is 6.51. The number of aliphatic hydroxyl groups is 1. The highest BCUT2D eigenvalue weighted by atomic mass is 32.2. The second-order valence-corrected chi connectivity index (χ2v) is 5.87. The van der Waals surface area contributed by atoms with E-state index < -0.39 is 23.6 Å². The molecular formula is C14H21N3O3S. The topological polar surface area (TPSA) is 104 Å². The maximum Gasteiger partial charge on any atom is 0.313 e. The zero-order chi connectivity index (χ0) is 15.9. The molecule has 3 amide bonds. The molecule has 0 aliphatic carbocycles. The summed E-state index contributed by atoms with van der Waals surface area (Å²) in [5, 5.41) is 15.1. The van der Waals surface area contributed by atoms with Crippen LogP contribution >= 0.6 is 11.8 Å². The van der Waals surface area contributed by atoms with Gasteiger partial charge in [0.15, 0.2) is 0 Å². The van der Waals surface area contributed by atoms with Gasteiger partial charge in [-0.1, -0.05) is 30.3 Å². The van der Waals surface area contributed by atoms with Gasteiger partial charge in [0.25, 0.3) is 0 Å². The van der Waals surface area contributed by atoms with Gasteiger partial charge in [-0.25, -0.2) is 4.79 Å². The number of carbonyl (C=O) groups excluding carboxylic acids is 2. The van der Waals surface area contributed by atoms with Crippen LogP contribution in [-0.2, 0) is 4.79 Å². The summed E-state index contributed by atoms with van der Waals surface area (Å²) in [5.74, 6) is 0.0772. The number of nitrogens with one attached hydrogen (secondary N) is 2. The minimum absolute atomic E-state index is 0.0937. The van der Waals surface area contributed by atoms with Crippen molar-refractivity contribution in [2.45, 2.75) is 18.6 Å².